The minimum atomic E-state index is -0.312. The van der Waals surface area contributed by atoms with E-state index >= 15 is 0 Å². The molecule has 0 spiro atoms. The van der Waals surface area contributed by atoms with Gasteiger partial charge < -0.3 is 18.9 Å². The molecule has 0 radical (unpaired) electrons. The molecule has 5 heteroatoms. The lowest BCUT2D eigenvalue weighted by atomic mass is 9.96. The molecule has 0 aromatic carbocycles. The highest BCUT2D eigenvalue weighted by molar-refractivity contribution is 5.81. The van der Waals surface area contributed by atoms with Gasteiger partial charge in [0.05, 0.1) is 6.10 Å². The van der Waals surface area contributed by atoms with E-state index < -0.39 is 0 Å². The van der Waals surface area contributed by atoms with Crippen LogP contribution in [0.2, 0.25) is 0 Å². The van der Waals surface area contributed by atoms with Gasteiger partial charge in [0.2, 0.25) is 0 Å². The monoisotopic (exact) mass is 324 g/mol. The zero-order valence-corrected chi connectivity index (χ0v) is 14.5. The number of methoxy groups -OCH3 is 2. The van der Waals surface area contributed by atoms with E-state index in [0.717, 1.165) is 18.4 Å². The Kier molecular flexibility index (Phi) is 9.52. The van der Waals surface area contributed by atoms with E-state index in [2.05, 4.69) is 6.92 Å². The Labute approximate surface area is 138 Å². The summed E-state index contributed by atoms with van der Waals surface area (Å²) < 4.78 is 21.6. The summed E-state index contributed by atoms with van der Waals surface area (Å²) >= 11 is 0. The largest absolute Gasteiger partial charge is 0.458 e. The van der Waals surface area contributed by atoms with Gasteiger partial charge in [-0.25, -0.2) is 4.79 Å². The lowest BCUT2D eigenvalue weighted by molar-refractivity contribution is -0.136. The highest BCUT2D eigenvalue weighted by atomic mass is 16.7. The molecule has 1 unspecified atom stereocenters. The summed E-state index contributed by atoms with van der Waals surface area (Å²) in [5.41, 5.74) is 0.973. The summed E-state index contributed by atoms with van der Waals surface area (Å²) in [4.78, 5) is 11.6. The van der Waals surface area contributed by atoms with Gasteiger partial charge >= 0.3 is 5.97 Å². The quantitative estimate of drug-likeness (QED) is 0.452. The van der Waals surface area contributed by atoms with Crippen LogP contribution in [0, 0.1) is 5.92 Å². The topological polar surface area (TPSA) is 54.0 Å². The number of ether oxygens (including phenoxy) is 4. The Morgan fingerprint density at radius 1 is 1.26 bits per heavy atom. The normalized spacial score (nSPS) is 32.3. The summed E-state index contributed by atoms with van der Waals surface area (Å²) in [6, 6.07) is 0. The molecule has 1 aliphatic rings. The highest BCUT2D eigenvalue weighted by Crippen LogP contribution is 2.19. The summed E-state index contributed by atoms with van der Waals surface area (Å²) in [5.74, 6) is -0.231. The highest BCUT2D eigenvalue weighted by Gasteiger charge is 2.25. The van der Waals surface area contributed by atoms with E-state index in [-0.39, 0.29) is 37.5 Å². The lowest BCUT2D eigenvalue weighted by Crippen LogP contribution is -2.35. The number of cyclic esters (lactones) is 1. The van der Waals surface area contributed by atoms with Crippen molar-refractivity contribution in [2.45, 2.75) is 38.9 Å². The molecule has 0 saturated carbocycles. The molecule has 0 saturated heterocycles. The van der Waals surface area contributed by atoms with Crippen LogP contribution in [0.25, 0.3) is 0 Å². The fraction of sp³-hybridized carbons (Fsp3) is 0.611. The maximum atomic E-state index is 11.6. The molecule has 0 amide bonds. The van der Waals surface area contributed by atoms with Crippen molar-refractivity contribution in [1.29, 1.82) is 0 Å². The molecule has 0 aliphatic carbocycles. The van der Waals surface area contributed by atoms with Crippen molar-refractivity contribution in [2.75, 3.05) is 27.6 Å². The van der Waals surface area contributed by atoms with Crippen LogP contribution in [-0.4, -0.2) is 45.8 Å². The first-order chi connectivity index (χ1) is 11.1. The van der Waals surface area contributed by atoms with Crippen LogP contribution in [0.15, 0.2) is 36.0 Å². The van der Waals surface area contributed by atoms with Gasteiger partial charge in [-0.3, -0.25) is 0 Å². The average molecular weight is 324 g/mol. The van der Waals surface area contributed by atoms with Crippen LogP contribution >= 0.6 is 0 Å². The van der Waals surface area contributed by atoms with Crippen molar-refractivity contribution in [1.82, 2.24) is 0 Å². The fourth-order valence-electron chi connectivity index (χ4n) is 2.44. The smallest absolute Gasteiger partial charge is 0.330 e. The number of carbonyl (C=O) groups excluding carboxylic acids is 1. The van der Waals surface area contributed by atoms with Crippen LogP contribution in [0.1, 0.15) is 26.7 Å². The van der Waals surface area contributed by atoms with E-state index in [4.69, 9.17) is 18.9 Å². The van der Waals surface area contributed by atoms with Gasteiger partial charge in [-0.05, 0) is 25.3 Å². The average Bonchev–Trinajstić information content (AvgIpc) is 2.53. The first-order valence-corrected chi connectivity index (χ1v) is 7.89. The first-order valence-electron chi connectivity index (χ1n) is 7.89. The molecule has 0 aromatic rings. The standard InChI is InChI=1S/C18H28O5/c1-14-11-15(2)18(23-13-20-3)16(21-4)9-7-5-6-8-10-17(19)22-12-14/h7-11,15-16,18H,5-6,12-13H2,1-4H3/b9-7+,10-8+,14-11-/t15?,16-,18-/m0/s1. The van der Waals surface area contributed by atoms with E-state index in [1.165, 1.54) is 6.08 Å². The van der Waals surface area contributed by atoms with Gasteiger partial charge in [0.25, 0.3) is 0 Å². The molecule has 1 rings (SSSR count). The molecule has 1 heterocycles. The number of allylic oxidation sites excluding steroid dienone is 2. The van der Waals surface area contributed by atoms with Crippen molar-refractivity contribution >= 4 is 5.97 Å². The molecule has 1 aliphatic heterocycles. The van der Waals surface area contributed by atoms with Crippen molar-refractivity contribution < 1.29 is 23.7 Å². The van der Waals surface area contributed by atoms with Crippen LogP contribution in [0.3, 0.4) is 0 Å². The Balaban J connectivity index is 2.96. The zero-order valence-electron chi connectivity index (χ0n) is 14.5. The molecular weight excluding hydrogens is 296 g/mol. The first kappa shape index (κ1) is 19.6. The van der Waals surface area contributed by atoms with Gasteiger partial charge in [0.1, 0.15) is 19.5 Å². The third-order valence-corrected chi connectivity index (χ3v) is 3.56. The number of carbonyl (C=O) groups is 1. The van der Waals surface area contributed by atoms with Crippen LogP contribution in [0.4, 0.5) is 0 Å². The maximum Gasteiger partial charge on any atom is 0.330 e. The third-order valence-electron chi connectivity index (χ3n) is 3.56. The Hall–Kier alpha value is -1.43. The van der Waals surface area contributed by atoms with Crippen molar-refractivity contribution in [3.63, 3.8) is 0 Å². The van der Waals surface area contributed by atoms with Crippen LogP contribution < -0.4 is 0 Å². The van der Waals surface area contributed by atoms with Crippen molar-refractivity contribution in [3.05, 3.63) is 36.0 Å². The fourth-order valence-corrected chi connectivity index (χ4v) is 2.44. The van der Waals surface area contributed by atoms with Gasteiger partial charge in [0.15, 0.2) is 0 Å². The number of hydrogen-bond donors (Lipinski definition) is 0. The predicted octanol–water partition coefficient (Wildman–Crippen LogP) is 3.02. The second kappa shape index (κ2) is 11.2. The molecule has 0 fully saturated rings. The SMILES string of the molecule is COCO[C@H]1C(C)/C=C(/C)COC(=O)/C=C/CC/C=C/[C@@H]1OC. The molecule has 130 valence electrons. The van der Waals surface area contributed by atoms with Gasteiger partial charge in [-0.2, -0.15) is 0 Å². The molecular formula is C18H28O5. The van der Waals surface area contributed by atoms with E-state index in [1.54, 1.807) is 14.2 Å². The van der Waals surface area contributed by atoms with Crippen LogP contribution in [0.5, 0.6) is 0 Å². The molecule has 3 atom stereocenters. The van der Waals surface area contributed by atoms with E-state index in [1.807, 2.05) is 31.2 Å². The maximum absolute atomic E-state index is 11.6. The Morgan fingerprint density at radius 3 is 2.70 bits per heavy atom. The summed E-state index contributed by atoms with van der Waals surface area (Å²) in [7, 11) is 3.27. The van der Waals surface area contributed by atoms with Gasteiger partial charge in [-0.15, -0.1) is 0 Å². The molecule has 0 aromatic heterocycles. The number of hydrogen-bond acceptors (Lipinski definition) is 5. The number of rotatable bonds is 4. The number of esters is 1. The zero-order chi connectivity index (χ0) is 17.1. The van der Waals surface area contributed by atoms with E-state index in [9.17, 15) is 4.79 Å². The summed E-state index contributed by atoms with van der Waals surface area (Å²) in [5, 5.41) is 0. The second-order valence-electron chi connectivity index (χ2n) is 5.63. The molecule has 0 bridgehead atoms. The van der Waals surface area contributed by atoms with Crippen LogP contribution in [-0.2, 0) is 23.7 Å². The minimum absolute atomic E-state index is 0.0805. The minimum Gasteiger partial charge on any atom is -0.458 e. The summed E-state index contributed by atoms with van der Waals surface area (Å²) in [6.07, 6.45) is 10.7. The third kappa shape index (κ3) is 7.59. The molecule has 5 nitrogen and oxygen atoms in total. The second-order valence-corrected chi connectivity index (χ2v) is 5.63. The van der Waals surface area contributed by atoms with Crippen molar-refractivity contribution in [3.8, 4) is 0 Å². The Bertz CT molecular complexity index is 439. The van der Waals surface area contributed by atoms with E-state index in [0.29, 0.717) is 0 Å². The van der Waals surface area contributed by atoms with Gasteiger partial charge in [-0.1, -0.05) is 31.2 Å². The van der Waals surface area contributed by atoms with Gasteiger partial charge in [0, 0.05) is 26.2 Å². The molecule has 0 N–H and O–H groups in total. The van der Waals surface area contributed by atoms with Crippen molar-refractivity contribution in [2.24, 2.45) is 5.92 Å². The lowest BCUT2D eigenvalue weighted by Gasteiger charge is -2.28. The summed E-state index contributed by atoms with van der Waals surface area (Å²) in [6.45, 7) is 4.47. The molecule has 23 heavy (non-hydrogen) atoms. The predicted molar refractivity (Wildman–Crippen MR) is 88.9 cm³/mol. The Morgan fingerprint density at radius 2 is 2.00 bits per heavy atom.